The van der Waals surface area contributed by atoms with E-state index in [0.29, 0.717) is 39.0 Å². The van der Waals surface area contributed by atoms with Gasteiger partial charge in [-0.25, -0.2) is 0 Å². The summed E-state index contributed by atoms with van der Waals surface area (Å²) in [5, 5.41) is 26.0. The molecule has 0 radical (unpaired) electrons. The number of aliphatic hydroxyl groups is 1. The predicted octanol–water partition coefficient (Wildman–Crippen LogP) is 2.54. The van der Waals surface area contributed by atoms with Crippen LogP contribution in [-0.2, 0) is 54.5 Å². The Balaban J connectivity index is 1.30. The molecule has 2 aliphatic heterocycles. The third-order valence-electron chi connectivity index (χ3n) is 11.5. The van der Waals surface area contributed by atoms with E-state index in [-0.39, 0.29) is 58.0 Å². The number of rotatable bonds is 11. The van der Waals surface area contributed by atoms with Gasteiger partial charge >= 0.3 is 0 Å². The maximum absolute atomic E-state index is 14.9. The molecule has 4 atom stereocenters. The van der Waals surface area contributed by atoms with E-state index in [0.717, 1.165) is 39.5 Å². The van der Waals surface area contributed by atoms with Crippen LogP contribution in [-0.4, -0.2) is 104 Å². The van der Waals surface area contributed by atoms with Crippen molar-refractivity contribution in [1.82, 2.24) is 31.5 Å². The Morgan fingerprint density at radius 1 is 0.825 bits per heavy atom. The number of carbonyl (C=O) groups is 5. The highest BCUT2D eigenvalue weighted by Gasteiger charge is 2.44. The van der Waals surface area contributed by atoms with Crippen molar-refractivity contribution < 1.29 is 33.8 Å². The number of nitrogens with two attached hydrogens (primary N) is 1. The summed E-state index contributed by atoms with van der Waals surface area (Å²) >= 11 is 0. The van der Waals surface area contributed by atoms with Gasteiger partial charge in [-0.2, -0.15) is 0 Å². The molecule has 14 heteroatoms. The number of piperidine rings is 1. The largest absolute Gasteiger partial charge is 0.378 e. The second kappa shape index (κ2) is 23.3. The average Bonchev–Trinajstić information content (AvgIpc) is 3.30. The van der Waals surface area contributed by atoms with Crippen LogP contribution in [0.25, 0.3) is 11.1 Å². The van der Waals surface area contributed by atoms with Crippen LogP contribution in [0.2, 0.25) is 0 Å². The number of hydrogen-bond donors (Lipinski definition) is 7. The molecule has 63 heavy (non-hydrogen) atoms. The molecular weight excluding hydrogens is 799 g/mol. The first-order chi connectivity index (χ1) is 30.6. The average molecular weight is 858 g/mol. The standard InChI is InChI=1S/C49H59N7O7/c50-24-28-63-29-26-52-46(60)41-22-25-51-43(57)20-21-45(59)56-27-9-23-49(34-56,32-36-10-3-1-4-11-36)48(62)55-42(30-35-16-18-38(19-17-35)37-12-5-2-6-13-37)47(61)53-33-40-15-8-7-14-39(40)31-44(58)54-41/h1-8,10-21,41-42,44,54,58H,9,22-34,50H2,(H,51,57)(H,52,60)(H,53,61)(H,55,62)/b21-20+/t41-,42-,44?,49-/m0/s1. The smallest absolute Gasteiger partial charge is 0.246 e. The molecule has 14 nitrogen and oxygen atoms in total. The quantitative estimate of drug-likeness (QED) is 0.111. The molecule has 0 aromatic heterocycles. The third kappa shape index (κ3) is 13.6. The predicted molar refractivity (Wildman–Crippen MR) is 240 cm³/mol. The van der Waals surface area contributed by atoms with Crippen molar-refractivity contribution in [3.63, 3.8) is 0 Å². The van der Waals surface area contributed by atoms with Gasteiger partial charge in [0.2, 0.25) is 29.5 Å². The van der Waals surface area contributed by atoms with E-state index in [1.54, 1.807) is 4.90 Å². The molecule has 0 aliphatic carbocycles. The van der Waals surface area contributed by atoms with Crippen molar-refractivity contribution in [2.75, 3.05) is 45.9 Å². The Hall–Kier alpha value is -6.19. The number of carbonyl (C=O) groups excluding carboxylic acids is 5. The first kappa shape index (κ1) is 46.3. The highest BCUT2D eigenvalue weighted by atomic mass is 16.5. The van der Waals surface area contributed by atoms with Crippen molar-refractivity contribution in [3.8, 4) is 11.1 Å². The second-order valence-electron chi connectivity index (χ2n) is 16.1. The van der Waals surface area contributed by atoms with E-state index in [9.17, 15) is 29.1 Å². The number of nitrogens with one attached hydrogen (secondary N) is 5. The molecule has 1 saturated heterocycles. The molecule has 0 saturated carbocycles. The van der Waals surface area contributed by atoms with E-state index < -0.39 is 47.4 Å². The van der Waals surface area contributed by atoms with E-state index in [4.69, 9.17) is 10.5 Å². The van der Waals surface area contributed by atoms with Crippen LogP contribution in [0.15, 0.2) is 121 Å². The van der Waals surface area contributed by atoms with E-state index in [1.165, 1.54) is 6.08 Å². The van der Waals surface area contributed by atoms with E-state index in [2.05, 4.69) is 26.6 Å². The number of nitrogens with zero attached hydrogens (tertiary/aromatic N) is 1. The van der Waals surface area contributed by atoms with Crippen molar-refractivity contribution in [3.05, 3.63) is 144 Å². The fourth-order valence-corrected chi connectivity index (χ4v) is 8.17. The zero-order valence-corrected chi connectivity index (χ0v) is 35.6. The maximum atomic E-state index is 14.9. The van der Waals surface area contributed by atoms with Crippen molar-refractivity contribution in [2.45, 2.75) is 63.4 Å². The first-order valence-corrected chi connectivity index (χ1v) is 21.7. The van der Waals surface area contributed by atoms with Crippen LogP contribution >= 0.6 is 0 Å². The van der Waals surface area contributed by atoms with Crippen LogP contribution in [0.4, 0.5) is 0 Å². The number of amides is 5. The zero-order chi connectivity index (χ0) is 44.4. The Kier molecular flexibility index (Phi) is 17.1. The minimum absolute atomic E-state index is 0.0594. The summed E-state index contributed by atoms with van der Waals surface area (Å²) in [4.78, 5) is 70.9. The van der Waals surface area contributed by atoms with Gasteiger partial charge in [0.05, 0.1) is 24.7 Å². The lowest BCUT2D eigenvalue weighted by atomic mass is 9.74. The monoisotopic (exact) mass is 857 g/mol. The highest BCUT2D eigenvalue weighted by molar-refractivity contribution is 5.97. The topological polar surface area (TPSA) is 204 Å². The molecule has 0 spiro atoms. The van der Waals surface area contributed by atoms with Gasteiger partial charge < -0.3 is 41.7 Å². The maximum Gasteiger partial charge on any atom is 0.246 e. The molecule has 8 N–H and O–H groups in total. The van der Waals surface area contributed by atoms with Gasteiger partial charge in [-0.1, -0.05) is 109 Å². The molecule has 332 valence electrons. The molecule has 4 aromatic rings. The Morgan fingerprint density at radius 3 is 2.27 bits per heavy atom. The molecule has 4 aromatic carbocycles. The summed E-state index contributed by atoms with van der Waals surface area (Å²) in [5.41, 5.74) is 9.72. The van der Waals surface area contributed by atoms with Crippen LogP contribution < -0.4 is 32.3 Å². The van der Waals surface area contributed by atoms with Gasteiger partial charge in [-0.3, -0.25) is 29.3 Å². The SMILES string of the molecule is NCCOCCNC(=O)[C@@H]1CCNC(=O)/C=C/C(=O)N2CCC[C@](Cc3ccccc3)(C2)C(=O)N[C@@H](Cc2ccc(-c3ccccc3)cc2)C(=O)NCc2ccccc2CC(O)N1. The van der Waals surface area contributed by atoms with Crippen LogP contribution in [0.3, 0.4) is 0 Å². The number of hydrogen-bond acceptors (Lipinski definition) is 9. The molecule has 1 unspecified atom stereocenters. The summed E-state index contributed by atoms with van der Waals surface area (Å²) in [5.74, 6) is -2.10. The van der Waals surface area contributed by atoms with E-state index in [1.807, 2.05) is 109 Å². The normalized spacial score (nSPS) is 22.3. The lowest BCUT2D eigenvalue weighted by Crippen LogP contribution is -2.58. The molecule has 2 heterocycles. The Labute approximate surface area is 369 Å². The Bertz CT molecular complexity index is 2170. The molecule has 5 amide bonds. The molecule has 2 aliphatic rings. The fraction of sp³-hybridized carbons (Fsp3) is 0.367. The lowest BCUT2D eigenvalue weighted by molar-refractivity contribution is -0.141. The third-order valence-corrected chi connectivity index (χ3v) is 11.5. The molecule has 2 bridgehead atoms. The minimum atomic E-state index is -1.18. The highest BCUT2D eigenvalue weighted by Crippen LogP contribution is 2.35. The first-order valence-electron chi connectivity index (χ1n) is 21.7. The summed E-state index contributed by atoms with van der Waals surface area (Å²) in [6, 6.07) is 33.0. The summed E-state index contributed by atoms with van der Waals surface area (Å²) in [7, 11) is 0. The fourth-order valence-electron chi connectivity index (χ4n) is 8.17. The molecular formula is C49H59N7O7. The van der Waals surface area contributed by atoms with Gasteiger partial charge in [0.1, 0.15) is 12.3 Å². The summed E-state index contributed by atoms with van der Waals surface area (Å²) in [6.07, 6.45) is 2.90. The van der Waals surface area contributed by atoms with Gasteiger partial charge in [0.25, 0.3) is 0 Å². The van der Waals surface area contributed by atoms with Crippen LogP contribution in [0.1, 0.15) is 41.5 Å². The van der Waals surface area contributed by atoms with E-state index >= 15 is 0 Å². The van der Waals surface area contributed by atoms with Crippen molar-refractivity contribution >= 4 is 29.5 Å². The van der Waals surface area contributed by atoms with Gasteiger partial charge in [0, 0.05) is 64.3 Å². The molecule has 1 fully saturated rings. The second-order valence-corrected chi connectivity index (χ2v) is 16.1. The number of fused-ring (bicyclic) bond motifs is 3. The van der Waals surface area contributed by atoms with Crippen molar-refractivity contribution in [2.24, 2.45) is 11.1 Å². The van der Waals surface area contributed by atoms with Crippen LogP contribution in [0, 0.1) is 5.41 Å². The lowest BCUT2D eigenvalue weighted by Gasteiger charge is -2.42. The number of ether oxygens (including phenoxy) is 1. The number of benzene rings is 4. The number of aliphatic hydroxyl groups excluding tert-OH is 1. The van der Waals surface area contributed by atoms with Gasteiger partial charge in [-0.05, 0) is 59.1 Å². The zero-order valence-electron chi connectivity index (χ0n) is 35.6. The minimum Gasteiger partial charge on any atom is -0.378 e. The van der Waals surface area contributed by atoms with Crippen LogP contribution in [0.5, 0.6) is 0 Å². The van der Waals surface area contributed by atoms with Gasteiger partial charge in [-0.15, -0.1) is 0 Å². The molecule has 6 rings (SSSR count). The summed E-state index contributed by atoms with van der Waals surface area (Å²) in [6.45, 7) is 1.79. The Morgan fingerprint density at radius 2 is 1.52 bits per heavy atom. The van der Waals surface area contributed by atoms with Crippen molar-refractivity contribution in [1.29, 1.82) is 0 Å². The summed E-state index contributed by atoms with van der Waals surface area (Å²) < 4.78 is 5.38. The van der Waals surface area contributed by atoms with Gasteiger partial charge in [0.15, 0.2) is 0 Å².